The molecule has 1 fully saturated rings. The molecular weight excluding hydrogens is 538 g/mol. The molecule has 6 aromatic rings. The summed E-state index contributed by atoms with van der Waals surface area (Å²) < 4.78 is 3.50. The maximum absolute atomic E-state index is 13.7. The highest BCUT2D eigenvalue weighted by Crippen LogP contribution is 2.60. The Morgan fingerprint density at radius 3 is 2.78 bits per heavy atom. The number of nitrogens with zero attached hydrogens (tertiary/aromatic N) is 7. The van der Waals surface area contributed by atoms with Gasteiger partial charge in [0.1, 0.15) is 12.2 Å². The van der Waals surface area contributed by atoms with E-state index in [1.165, 1.54) is 23.0 Å². The number of aryl methyl sites for hydroxylation is 2. The van der Waals surface area contributed by atoms with Crippen LogP contribution in [0.3, 0.4) is 0 Å². The molecule has 0 bridgehead atoms. The molecule has 1 saturated carbocycles. The predicted octanol–water partition coefficient (Wildman–Crippen LogP) is 4.73. The van der Waals surface area contributed by atoms with Gasteiger partial charge in [0.2, 0.25) is 0 Å². The van der Waals surface area contributed by atoms with E-state index >= 15 is 0 Å². The van der Waals surface area contributed by atoms with Crippen molar-refractivity contribution in [2.24, 2.45) is 5.92 Å². The minimum absolute atomic E-state index is 0.0561. The lowest BCUT2D eigenvalue weighted by molar-refractivity contribution is 0.515. The van der Waals surface area contributed by atoms with Crippen LogP contribution in [0.4, 0.5) is 0 Å². The van der Waals surface area contributed by atoms with Crippen molar-refractivity contribution in [2.75, 3.05) is 0 Å². The average molecular weight is 560 g/mol. The zero-order chi connectivity index (χ0) is 27.2. The van der Waals surface area contributed by atoms with Gasteiger partial charge in [-0.05, 0) is 88.2 Å². The number of aromatic nitrogens is 9. The molecule has 0 saturated heterocycles. The molecule has 0 radical (unpaired) electrons. The van der Waals surface area contributed by atoms with Gasteiger partial charge >= 0.3 is 0 Å². The normalized spacial score (nSPS) is 19.9. The van der Waals surface area contributed by atoms with Crippen LogP contribution >= 0.6 is 11.6 Å². The first kappa shape index (κ1) is 22.9. The number of rotatable bonds is 4. The molecule has 200 valence electrons. The van der Waals surface area contributed by atoms with E-state index in [2.05, 4.69) is 55.0 Å². The molecule has 9 rings (SSSR count). The van der Waals surface area contributed by atoms with Gasteiger partial charge in [0.25, 0.3) is 5.56 Å². The number of H-pyrrole nitrogens is 2. The highest BCUT2D eigenvalue weighted by molar-refractivity contribution is 6.31. The fourth-order valence-corrected chi connectivity index (χ4v) is 6.99. The first-order valence-corrected chi connectivity index (χ1v) is 14.0. The highest BCUT2D eigenvalue weighted by atomic mass is 35.5. The summed E-state index contributed by atoms with van der Waals surface area (Å²) in [6.45, 7) is 0. The highest BCUT2D eigenvalue weighted by Gasteiger charge is 2.54. The molecule has 4 aromatic heterocycles. The Labute approximate surface area is 238 Å². The second-order valence-corrected chi connectivity index (χ2v) is 11.5. The van der Waals surface area contributed by atoms with E-state index in [4.69, 9.17) is 16.6 Å². The Balaban J connectivity index is 1.09. The lowest BCUT2D eigenvalue weighted by Crippen LogP contribution is -2.26. The van der Waals surface area contributed by atoms with Gasteiger partial charge in [-0.25, -0.2) is 4.98 Å². The first-order valence-electron chi connectivity index (χ1n) is 13.6. The summed E-state index contributed by atoms with van der Waals surface area (Å²) in [6, 6.07) is 15.7. The maximum atomic E-state index is 13.7. The zero-order valence-corrected chi connectivity index (χ0v) is 22.4. The monoisotopic (exact) mass is 559 g/mol. The third-order valence-corrected chi connectivity index (χ3v) is 9.04. The second kappa shape index (κ2) is 8.34. The number of tetrazole rings is 1. The lowest BCUT2D eigenvalue weighted by atomic mass is 9.89. The molecule has 1 aliphatic heterocycles. The van der Waals surface area contributed by atoms with Gasteiger partial charge in [0.05, 0.1) is 35.5 Å². The summed E-state index contributed by atoms with van der Waals surface area (Å²) in [5, 5.41) is 19.5. The van der Waals surface area contributed by atoms with Crippen LogP contribution in [-0.4, -0.2) is 44.9 Å². The van der Waals surface area contributed by atoms with E-state index in [0.717, 1.165) is 64.5 Å². The van der Waals surface area contributed by atoms with Crippen molar-refractivity contribution >= 4 is 11.6 Å². The quantitative estimate of drug-likeness (QED) is 0.322. The van der Waals surface area contributed by atoms with Crippen LogP contribution in [0.5, 0.6) is 0 Å². The van der Waals surface area contributed by atoms with E-state index in [1.807, 2.05) is 29.1 Å². The van der Waals surface area contributed by atoms with Crippen LogP contribution in [0, 0.1) is 5.92 Å². The third kappa shape index (κ3) is 3.43. The number of halogens is 1. The molecule has 11 heteroatoms. The van der Waals surface area contributed by atoms with E-state index in [0.29, 0.717) is 16.9 Å². The largest absolute Gasteiger partial charge is 0.340 e. The van der Waals surface area contributed by atoms with Gasteiger partial charge in [0, 0.05) is 33.8 Å². The van der Waals surface area contributed by atoms with Crippen LogP contribution in [0.15, 0.2) is 72.0 Å². The van der Waals surface area contributed by atoms with Crippen LogP contribution in [0.2, 0.25) is 5.02 Å². The van der Waals surface area contributed by atoms with Crippen molar-refractivity contribution in [2.45, 2.75) is 31.2 Å². The van der Waals surface area contributed by atoms with Crippen molar-refractivity contribution < 1.29 is 0 Å². The lowest BCUT2D eigenvalue weighted by Gasteiger charge is -2.18. The standard InChI is InChI=1S/C30H22ClN9O/c31-19-4-6-25(39-14-34-37-38-39)21(10-19)18-8-26-22-11-23(22)29(40(26)27(41)9-18)30-32-13-24(35-30)16-3-5-20-15(7-16)1-2-17-12-33-36-28(17)20/h3-10,12-14,22-23,29H,1-2,11H2,(H,32,35)(H,33,36). The van der Waals surface area contributed by atoms with E-state index in [1.54, 1.807) is 16.8 Å². The maximum Gasteiger partial charge on any atom is 0.252 e. The molecule has 3 unspecified atom stereocenters. The minimum atomic E-state index is -0.117. The van der Waals surface area contributed by atoms with Crippen LogP contribution in [-0.2, 0) is 12.8 Å². The molecule has 41 heavy (non-hydrogen) atoms. The van der Waals surface area contributed by atoms with Gasteiger partial charge in [-0.2, -0.15) is 9.78 Å². The Kier molecular flexibility index (Phi) is 4.66. The first-order chi connectivity index (χ1) is 20.1. The Bertz CT molecular complexity index is 2050. The fourth-order valence-electron chi connectivity index (χ4n) is 6.82. The molecule has 2 aromatic carbocycles. The van der Waals surface area contributed by atoms with Crippen LogP contribution < -0.4 is 5.56 Å². The van der Waals surface area contributed by atoms with Crippen molar-refractivity contribution in [3.05, 3.63) is 105 Å². The molecule has 2 N–H and O–H groups in total. The molecule has 3 atom stereocenters. The summed E-state index contributed by atoms with van der Waals surface area (Å²) in [5.41, 5.74) is 10.3. The van der Waals surface area contributed by atoms with E-state index in [9.17, 15) is 4.79 Å². The van der Waals surface area contributed by atoms with Crippen LogP contribution in [0.1, 0.15) is 41.0 Å². The summed E-state index contributed by atoms with van der Waals surface area (Å²) in [6.07, 6.45) is 8.34. The molecule has 0 spiro atoms. The van der Waals surface area contributed by atoms with Gasteiger partial charge in [-0.1, -0.05) is 23.7 Å². The minimum Gasteiger partial charge on any atom is -0.340 e. The number of pyridine rings is 1. The smallest absolute Gasteiger partial charge is 0.252 e. The average Bonchev–Trinajstić information content (AvgIpc) is 3.50. The number of benzene rings is 2. The second-order valence-electron chi connectivity index (χ2n) is 11.1. The number of fused-ring (bicyclic) bond motifs is 6. The number of imidazole rings is 1. The predicted molar refractivity (Wildman–Crippen MR) is 152 cm³/mol. The summed E-state index contributed by atoms with van der Waals surface area (Å²) in [4.78, 5) is 22.0. The Morgan fingerprint density at radius 2 is 1.88 bits per heavy atom. The molecule has 5 heterocycles. The summed E-state index contributed by atoms with van der Waals surface area (Å²) in [5.74, 6) is 1.49. The van der Waals surface area contributed by atoms with Crippen molar-refractivity contribution in [1.29, 1.82) is 0 Å². The fraction of sp³-hybridized carbons (Fsp3) is 0.200. The molecule has 2 aliphatic carbocycles. The zero-order valence-electron chi connectivity index (χ0n) is 21.6. The molecule has 3 aliphatic rings. The Morgan fingerprint density at radius 1 is 0.951 bits per heavy atom. The summed E-state index contributed by atoms with van der Waals surface area (Å²) in [7, 11) is 0. The number of nitrogens with one attached hydrogen (secondary N) is 2. The molecular formula is C30H22ClN9O. The van der Waals surface area contributed by atoms with Crippen molar-refractivity contribution in [1.82, 2.24) is 44.9 Å². The topological polar surface area (TPSA) is 123 Å². The molecule has 10 nitrogen and oxygen atoms in total. The third-order valence-electron chi connectivity index (χ3n) is 8.81. The molecule has 0 amide bonds. The Hall–Kier alpha value is -4.83. The van der Waals surface area contributed by atoms with Gasteiger partial charge in [0.15, 0.2) is 0 Å². The number of hydrogen-bond acceptors (Lipinski definition) is 6. The van der Waals surface area contributed by atoms with E-state index < -0.39 is 0 Å². The van der Waals surface area contributed by atoms with Gasteiger partial charge in [-0.15, -0.1) is 5.10 Å². The van der Waals surface area contributed by atoms with Gasteiger partial charge < -0.3 is 9.55 Å². The summed E-state index contributed by atoms with van der Waals surface area (Å²) >= 11 is 6.37. The number of hydrogen-bond donors (Lipinski definition) is 2. The number of aromatic amines is 2. The SMILES string of the molecule is O=c1cc(-c2cc(Cl)ccc2-n2cnnn2)cc2n1C(c1ncc(-c3ccc4c(c3)CCc3cn[nH]c3-4)[nH]1)C1CC21. The van der Waals surface area contributed by atoms with Gasteiger partial charge in [-0.3, -0.25) is 9.89 Å². The van der Waals surface area contributed by atoms with Crippen molar-refractivity contribution in [3.63, 3.8) is 0 Å². The van der Waals surface area contributed by atoms with E-state index in [-0.39, 0.29) is 11.6 Å². The van der Waals surface area contributed by atoms with Crippen LogP contribution in [0.25, 0.3) is 39.3 Å². The van der Waals surface area contributed by atoms with Crippen molar-refractivity contribution in [3.8, 4) is 39.3 Å².